The van der Waals surface area contributed by atoms with Gasteiger partial charge in [-0.1, -0.05) is 0 Å². The topological polar surface area (TPSA) is 55.1 Å². The van der Waals surface area contributed by atoms with Gasteiger partial charge in [-0.3, -0.25) is 4.79 Å². The Morgan fingerprint density at radius 3 is 2.82 bits per heavy atom. The van der Waals surface area contributed by atoms with E-state index in [2.05, 4.69) is 23.4 Å². The second kappa shape index (κ2) is 4.20. The van der Waals surface area contributed by atoms with Crippen LogP contribution in [-0.2, 0) is 11.2 Å². The smallest absolute Gasteiger partial charge is 0.307 e. The van der Waals surface area contributed by atoms with E-state index in [1.165, 1.54) is 0 Å². The van der Waals surface area contributed by atoms with Gasteiger partial charge in [-0.15, -0.1) is 0 Å². The van der Waals surface area contributed by atoms with Crippen LogP contribution in [0.2, 0.25) is 0 Å². The van der Waals surface area contributed by atoms with Gasteiger partial charge in [0.1, 0.15) is 5.65 Å². The van der Waals surface area contributed by atoms with Crippen LogP contribution in [0.4, 0.5) is 0 Å². The van der Waals surface area contributed by atoms with Crippen LogP contribution in [0.3, 0.4) is 0 Å². The Kier molecular flexibility index (Phi) is 2.88. The van der Waals surface area contributed by atoms with Crippen molar-refractivity contribution >= 4 is 17.0 Å². The number of carboxylic acids is 1. The lowest BCUT2D eigenvalue weighted by molar-refractivity contribution is -0.136. The lowest BCUT2D eigenvalue weighted by Crippen LogP contribution is -2.06. The predicted octanol–water partition coefficient (Wildman–Crippen LogP) is 2.55. The molecule has 1 N–H and O–H groups in total. The van der Waals surface area contributed by atoms with Crippen molar-refractivity contribution in [1.82, 2.24) is 9.55 Å². The van der Waals surface area contributed by atoms with Gasteiger partial charge in [0.25, 0.3) is 0 Å². The van der Waals surface area contributed by atoms with E-state index < -0.39 is 5.97 Å². The molecule has 0 saturated heterocycles. The molecule has 0 aliphatic carbocycles. The van der Waals surface area contributed by atoms with Gasteiger partial charge in [-0.2, -0.15) is 0 Å². The van der Waals surface area contributed by atoms with Crippen molar-refractivity contribution in [2.24, 2.45) is 0 Å². The zero-order valence-corrected chi connectivity index (χ0v) is 10.3. The van der Waals surface area contributed by atoms with Crippen molar-refractivity contribution < 1.29 is 9.90 Å². The Labute approximate surface area is 99.9 Å². The number of rotatable bonds is 3. The molecule has 0 saturated carbocycles. The highest BCUT2D eigenvalue weighted by Gasteiger charge is 2.18. The number of hydrogen-bond donors (Lipinski definition) is 1. The van der Waals surface area contributed by atoms with Crippen LogP contribution >= 0.6 is 0 Å². The summed E-state index contributed by atoms with van der Waals surface area (Å²) in [7, 11) is 0. The predicted molar refractivity (Wildman–Crippen MR) is 66.2 cm³/mol. The largest absolute Gasteiger partial charge is 0.481 e. The van der Waals surface area contributed by atoms with Crippen molar-refractivity contribution in [3.05, 3.63) is 29.6 Å². The summed E-state index contributed by atoms with van der Waals surface area (Å²) in [5.41, 5.74) is 2.74. The second-order valence-electron chi connectivity index (χ2n) is 4.47. The van der Waals surface area contributed by atoms with Crippen LogP contribution in [0.25, 0.3) is 11.0 Å². The molecule has 4 heteroatoms. The molecule has 0 radical (unpaired) electrons. The molecule has 2 rings (SSSR count). The van der Waals surface area contributed by atoms with E-state index in [9.17, 15) is 4.79 Å². The molecule has 0 bridgehead atoms. The van der Waals surface area contributed by atoms with Crippen LogP contribution in [0, 0.1) is 6.92 Å². The molecule has 0 amide bonds. The number of fused-ring (bicyclic) bond motifs is 1. The third-order valence-electron chi connectivity index (χ3n) is 2.98. The molecule has 17 heavy (non-hydrogen) atoms. The maximum atomic E-state index is 10.9. The van der Waals surface area contributed by atoms with Gasteiger partial charge >= 0.3 is 5.97 Å². The van der Waals surface area contributed by atoms with Gasteiger partial charge in [-0.05, 0) is 38.5 Å². The fraction of sp³-hybridized carbons (Fsp3) is 0.385. The number of aromatic nitrogens is 2. The second-order valence-corrected chi connectivity index (χ2v) is 4.47. The number of pyridine rings is 1. The minimum absolute atomic E-state index is 0.0494. The van der Waals surface area contributed by atoms with Gasteiger partial charge in [0.15, 0.2) is 0 Å². The van der Waals surface area contributed by atoms with Crippen LogP contribution in [0.1, 0.15) is 31.1 Å². The van der Waals surface area contributed by atoms with E-state index in [1.807, 2.05) is 19.1 Å². The Morgan fingerprint density at radius 1 is 1.53 bits per heavy atom. The Morgan fingerprint density at radius 2 is 2.24 bits per heavy atom. The molecule has 0 unspecified atom stereocenters. The molecule has 90 valence electrons. The Balaban J connectivity index is 2.74. The third kappa shape index (κ3) is 1.90. The van der Waals surface area contributed by atoms with Crippen LogP contribution < -0.4 is 0 Å². The number of carboxylic acid groups (broad SMARTS) is 1. The van der Waals surface area contributed by atoms with E-state index in [1.54, 1.807) is 6.20 Å². The van der Waals surface area contributed by atoms with Crippen molar-refractivity contribution in [2.45, 2.75) is 33.2 Å². The molecule has 0 spiro atoms. The van der Waals surface area contributed by atoms with Gasteiger partial charge in [-0.25, -0.2) is 4.98 Å². The average Bonchev–Trinajstić information content (AvgIpc) is 2.52. The SMILES string of the molecule is Cc1c(CC(=O)O)c2cccnc2n1C(C)C. The minimum atomic E-state index is -0.806. The van der Waals surface area contributed by atoms with E-state index in [0.29, 0.717) is 0 Å². The first-order chi connectivity index (χ1) is 8.02. The molecular weight excluding hydrogens is 216 g/mol. The number of hydrogen-bond acceptors (Lipinski definition) is 2. The lowest BCUT2D eigenvalue weighted by Gasteiger charge is -2.11. The molecule has 2 aromatic rings. The van der Waals surface area contributed by atoms with Crippen molar-refractivity contribution in [3.63, 3.8) is 0 Å². The monoisotopic (exact) mass is 232 g/mol. The highest BCUT2D eigenvalue weighted by Crippen LogP contribution is 2.27. The molecular formula is C13H16N2O2. The van der Waals surface area contributed by atoms with Crippen LogP contribution in [0.5, 0.6) is 0 Å². The maximum Gasteiger partial charge on any atom is 0.307 e. The summed E-state index contributed by atoms with van der Waals surface area (Å²) in [6.45, 7) is 6.11. The van der Waals surface area contributed by atoms with Gasteiger partial charge < -0.3 is 9.67 Å². The third-order valence-corrected chi connectivity index (χ3v) is 2.98. The first kappa shape index (κ1) is 11.6. The number of nitrogens with zero attached hydrogens (tertiary/aromatic N) is 2. The lowest BCUT2D eigenvalue weighted by atomic mass is 10.1. The molecule has 0 atom stereocenters. The summed E-state index contributed by atoms with van der Waals surface area (Å²) < 4.78 is 2.09. The Bertz CT molecular complexity index is 570. The zero-order chi connectivity index (χ0) is 12.6. The summed E-state index contributed by atoms with van der Waals surface area (Å²) in [5.74, 6) is -0.806. The van der Waals surface area contributed by atoms with Crippen molar-refractivity contribution in [2.75, 3.05) is 0 Å². The number of aliphatic carboxylic acids is 1. The van der Waals surface area contributed by atoms with E-state index >= 15 is 0 Å². The molecule has 4 nitrogen and oxygen atoms in total. The van der Waals surface area contributed by atoms with Gasteiger partial charge in [0.05, 0.1) is 6.42 Å². The fourth-order valence-corrected chi connectivity index (χ4v) is 2.33. The summed E-state index contributed by atoms with van der Waals surface area (Å²) in [6, 6.07) is 4.06. The summed E-state index contributed by atoms with van der Waals surface area (Å²) >= 11 is 0. The number of carbonyl (C=O) groups is 1. The first-order valence-corrected chi connectivity index (χ1v) is 5.68. The maximum absolute atomic E-state index is 10.9. The van der Waals surface area contributed by atoms with E-state index in [0.717, 1.165) is 22.3 Å². The summed E-state index contributed by atoms with van der Waals surface area (Å²) in [4.78, 5) is 15.3. The highest BCUT2D eigenvalue weighted by molar-refractivity contribution is 5.86. The molecule has 0 aromatic carbocycles. The highest BCUT2D eigenvalue weighted by atomic mass is 16.4. The summed E-state index contributed by atoms with van der Waals surface area (Å²) in [6.07, 6.45) is 1.79. The fourth-order valence-electron chi connectivity index (χ4n) is 2.33. The van der Waals surface area contributed by atoms with Crippen molar-refractivity contribution in [3.8, 4) is 0 Å². The Hall–Kier alpha value is -1.84. The quantitative estimate of drug-likeness (QED) is 0.884. The molecule has 2 aromatic heterocycles. The minimum Gasteiger partial charge on any atom is -0.481 e. The van der Waals surface area contributed by atoms with Crippen LogP contribution in [0.15, 0.2) is 18.3 Å². The molecule has 2 heterocycles. The first-order valence-electron chi connectivity index (χ1n) is 5.68. The van der Waals surface area contributed by atoms with Crippen LogP contribution in [-0.4, -0.2) is 20.6 Å². The van der Waals surface area contributed by atoms with E-state index in [-0.39, 0.29) is 12.5 Å². The molecule has 0 fully saturated rings. The zero-order valence-electron chi connectivity index (χ0n) is 10.3. The summed E-state index contributed by atoms with van der Waals surface area (Å²) in [5, 5.41) is 9.91. The normalized spacial score (nSPS) is 11.3. The molecule has 0 aliphatic rings. The van der Waals surface area contributed by atoms with Crippen molar-refractivity contribution in [1.29, 1.82) is 0 Å². The average molecular weight is 232 g/mol. The van der Waals surface area contributed by atoms with Gasteiger partial charge in [0, 0.05) is 23.3 Å². The standard InChI is InChI=1S/C13H16N2O2/c1-8(2)15-9(3)11(7-12(16)17)10-5-4-6-14-13(10)15/h4-6,8H,7H2,1-3H3,(H,16,17). The molecule has 0 aliphatic heterocycles. The van der Waals surface area contributed by atoms with E-state index in [4.69, 9.17) is 5.11 Å². The van der Waals surface area contributed by atoms with Gasteiger partial charge in [0.2, 0.25) is 0 Å².